The second-order valence-electron chi connectivity index (χ2n) is 3.95. The van der Waals surface area contributed by atoms with Gasteiger partial charge in [0, 0.05) is 5.56 Å². The lowest BCUT2D eigenvalue weighted by molar-refractivity contribution is 0.570. The van der Waals surface area contributed by atoms with Crippen LogP contribution in [0.25, 0.3) is 22.4 Å². The lowest BCUT2D eigenvalue weighted by atomic mass is 10.0. The Kier molecular flexibility index (Phi) is 2.76. The highest BCUT2D eigenvalue weighted by atomic mass is 35.5. The number of halogens is 2. The number of nitrogens with two attached hydrogens (primary N) is 1. The topological polar surface area (TPSA) is 67.8 Å². The zero-order chi connectivity index (χ0) is 13.4. The number of H-pyrrole nitrogens is 1. The SMILES string of the molecule is Nc1n[nH]c(-c2ccoc2Cl)c1-c1ccccc1F. The van der Waals surface area contributed by atoms with Crippen LogP contribution in [0, 0.1) is 5.82 Å². The molecule has 0 bridgehead atoms. The molecule has 2 aromatic heterocycles. The van der Waals surface area contributed by atoms with Crippen molar-refractivity contribution in [2.45, 2.75) is 0 Å². The summed E-state index contributed by atoms with van der Waals surface area (Å²) in [6.45, 7) is 0. The quantitative estimate of drug-likeness (QED) is 0.750. The molecule has 6 heteroatoms. The van der Waals surface area contributed by atoms with Gasteiger partial charge in [-0.2, -0.15) is 5.10 Å². The van der Waals surface area contributed by atoms with E-state index in [2.05, 4.69) is 10.2 Å². The summed E-state index contributed by atoms with van der Waals surface area (Å²) < 4.78 is 18.9. The highest BCUT2D eigenvalue weighted by Crippen LogP contribution is 2.38. The van der Waals surface area contributed by atoms with Gasteiger partial charge < -0.3 is 10.2 Å². The third kappa shape index (κ3) is 1.88. The number of benzene rings is 1. The Balaban J connectivity index is 2.26. The van der Waals surface area contributed by atoms with Crippen molar-refractivity contribution in [2.75, 3.05) is 5.73 Å². The molecule has 96 valence electrons. The Morgan fingerprint density at radius 2 is 2.00 bits per heavy atom. The van der Waals surface area contributed by atoms with E-state index >= 15 is 0 Å². The van der Waals surface area contributed by atoms with E-state index in [0.29, 0.717) is 22.4 Å². The van der Waals surface area contributed by atoms with Crippen molar-refractivity contribution in [3.63, 3.8) is 0 Å². The molecule has 3 aromatic rings. The molecule has 1 aromatic carbocycles. The van der Waals surface area contributed by atoms with Crippen LogP contribution in [0.3, 0.4) is 0 Å². The molecule has 0 amide bonds. The van der Waals surface area contributed by atoms with Crippen molar-refractivity contribution < 1.29 is 8.81 Å². The highest BCUT2D eigenvalue weighted by molar-refractivity contribution is 6.31. The minimum Gasteiger partial charge on any atom is -0.452 e. The third-order valence-corrected chi connectivity index (χ3v) is 3.12. The second kappa shape index (κ2) is 4.44. The normalized spacial score (nSPS) is 10.8. The van der Waals surface area contributed by atoms with Crippen molar-refractivity contribution >= 4 is 17.4 Å². The lowest BCUT2D eigenvalue weighted by Gasteiger charge is -2.04. The van der Waals surface area contributed by atoms with Crippen LogP contribution in [-0.2, 0) is 0 Å². The summed E-state index contributed by atoms with van der Waals surface area (Å²) >= 11 is 5.93. The molecule has 0 saturated carbocycles. The van der Waals surface area contributed by atoms with Crippen LogP contribution in [0.1, 0.15) is 0 Å². The average molecular weight is 278 g/mol. The smallest absolute Gasteiger partial charge is 0.202 e. The second-order valence-corrected chi connectivity index (χ2v) is 4.29. The largest absolute Gasteiger partial charge is 0.452 e. The summed E-state index contributed by atoms with van der Waals surface area (Å²) in [5.74, 6) is -0.172. The lowest BCUT2D eigenvalue weighted by Crippen LogP contribution is -1.91. The minimum atomic E-state index is -0.378. The third-order valence-electron chi connectivity index (χ3n) is 2.82. The van der Waals surface area contributed by atoms with Gasteiger partial charge in [-0.1, -0.05) is 18.2 Å². The molecule has 0 fully saturated rings. The van der Waals surface area contributed by atoms with Crippen molar-refractivity contribution in [1.82, 2.24) is 10.2 Å². The molecule has 0 atom stereocenters. The molecule has 0 aliphatic carbocycles. The van der Waals surface area contributed by atoms with Crippen LogP contribution in [-0.4, -0.2) is 10.2 Å². The fourth-order valence-corrected chi connectivity index (χ4v) is 2.17. The Morgan fingerprint density at radius 3 is 2.68 bits per heavy atom. The summed E-state index contributed by atoms with van der Waals surface area (Å²) in [5.41, 5.74) is 7.77. The van der Waals surface area contributed by atoms with E-state index in [1.807, 2.05) is 0 Å². The maximum Gasteiger partial charge on any atom is 0.202 e. The van der Waals surface area contributed by atoms with Crippen LogP contribution in [0.15, 0.2) is 41.0 Å². The molecule has 3 rings (SSSR count). The number of nitrogens with one attached hydrogen (secondary N) is 1. The Labute approximate surface area is 113 Å². The number of aromatic amines is 1. The number of rotatable bonds is 2. The number of nitrogen functional groups attached to an aromatic ring is 1. The zero-order valence-corrected chi connectivity index (χ0v) is 10.4. The molecule has 0 unspecified atom stereocenters. The van der Waals surface area contributed by atoms with Gasteiger partial charge in [-0.05, 0) is 23.7 Å². The Bertz CT molecular complexity index is 735. The van der Waals surface area contributed by atoms with E-state index in [0.717, 1.165) is 0 Å². The number of anilines is 1. The Morgan fingerprint density at radius 1 is 1.21 bits per heavy atom. The molecule has 3 N–H and O–H groups in total. The van der Waals surface area contributed by atoms with Gasteiger partial charge in [0.2, 0.25) is 5.22 Å². The standard InChI is InChI=1S/C13H9ClFN3O/c14-12-8(5-6-19-12)11-10(13(16)18-17-11)7-3-1-2-4-9(7)15/h1-6H,(H3,16,17,18). The first-order chi connectivity index (χ1) is 9.18. The van der Waals surface area contributed by atoms with E-state index in [1.165, 1.54) is 12.3 Å². The van der Waals surface area contributed by atoms with Crippen LogP contribution in [0.4, 0.5) is 10.2 Å². The Hall–Kier alpha value is -2.27. The molecule has 0 radical (unpaired) electrons. The summed E-state index contributed by atoms with van der Waals surface area (Å²) in [7, 11) is 0. The maximum atomic E-state index is 13.9. The molecular formula is C13H9ClFN3O. The molecule has 0 saturated heterocycles. The summed E-state index contributed by atoms with van der Waals surface area (Å²) in [4.78, 5) is 0. The molecular weight excluding hydrogens is 269 g/mol. The van der Waals surface area contributed by atoms with Crippen LogP contribution < -0.4 is 5.73 Å². The number of hydrogen-bond donors (Lipinski definition) is 2. The first-order valence-electron chi connectivity index (χ1n) is 5.50. The van der Waals surface area contributed by atoms with Gasteiger partial charge in [-0.3, -0.25) is 5.10 Å². The fraction of sp³-hybridized carbons (Fsp3) is 0. The van der Waals surface area contributed by atoms with E-state index in [9.17, 15) is 4.39 Å². The van der Waals surface area contributed by atoms with Gasteiger partial charge in [0.15, 0.2) is 5.82 Å². The van der Waals surface area contributed by atoms with Gasteiger partial charge in [-0.15, -0.1) is 0 Å². The van der Waals surface area contributed by atoms with E-state index in [4.69, 9.17) is 21.8 Å². The minimum absolute atomic E-state index is 0.196. The van der Waals surface area contributed by atoms with Gasteiger partial charge in [0.1, 0.15) is 5.82 Å². The molecule has 4 nitrogen and oxygen atoms in total. The van der Waals surface area contributed by atoms with E-state index in [-0.39, 0.29) is 16.9 Å². The van der Waals surface area contributed by atoms with Crippen LogP contribution >= 0.6 is 11.6 Å². The highest BCUT2D eigenvalue weighted by Gasteiger charge is 2.20. The monoisotopic (exact) mass is 277 g/mol. The predicted molar refractivity (Wildman–Crippen MR) is 71.1 cm³/mol. The number of furan rings is 1. The van der Waals surface area contributed by atoms with Crippen molar-refractivity contribution in [1.29, 1.82) is 0 Å². The van der Waals surface area contributed by atoms with Crippen LogP contribution in [0.2, 0.25) is 5.22 Å². The molecule has 0 spiro atoms. The van der Waals surface area contributed by atoms with Gasteiger partial charge in [0.05, 0.1) is 23.1 Å². The van der Waals surface area contributed by atoms with Gasteiger partial charge in [0.25, 0.3) is 0 Å². The van der Waals surface area contributed by atoms with Crippen molar-refractivity contribution in [3.05, 3.63) is 47.6 Å². The molecule has 0 aliphatic rings. The number of aromatic nitrogens is 2. The summed E-state index contributed by atoms with van der Waals surface area (Å²) in [6, 6.07) is 8.00. The first-order valence-corrected chi connectivity index (χ1v) is 5.88. The maximum absolute atomic E-state index is 13.9. The first kappa shape index (κ1) is 11.8. The van der Waals surface area contributed by atoms with Crippen molar-refractivity contribution in [3.8, 4) is 22.4 Å². The van der Waals surface area contributed by atoms with E-state index < -0.39 is 0 Å². The number of nitrogens with zero attached hydrogens (tertiary/aromatic N) is 1. The predicted octanol–water partition coefficient (Wildman–Crippen LogP) is 3.71. The molecule has 2 heterocycles. The fourth-order valence-electron chi connectivity index (χ4n) is 1.96. The summed E-state index contributed by atoms with van der Waals surface area (Å²) in [6.07, 6.45) is 1.44. The van der Waals surface area contributed by atoms with Gasteiger partial charge in [-0.25, -0.2) is 4.39 Å². The van der Waals surface area contributed by atoms with Crippen LogP contribution in [0.5, 0.6) is 0 Å². The number of hydrogen-bond acceptors (Lipinski definition) is 3. The zero-order valence-electron chi connectivity index (χ0n) is 9.65. The van der Waals surface area contributed by atoms with Crippen molar-refractivity contribution in [2.24, 2.45) is 0 Å². The molecule has 19 heavy (non-hydrogen) atoms. The average Bonchev–Trinajstić information content (AvgIpc) is 2.96. The van der Waals surface area contributed by atoms with E-state index in [1.54, 1.807) is 24.3 Å². The van der Waals surface area contributed by atoms with Gasteiger partial charge >= 0.3 is 0 Å². The summed E-state index contributed by atoms with van der Waals surface area (Å²) in [5, 5.41) is 6.87. The molecule has 0 aliphatic heterocycles.